The van der Waals surface area contributed by atoms with Gasteiger partial charge in [-0.2, -0.15) is 0 Å². The van der Waals surface area contributed by atoms with Gasteiger partial charge in [-0.3, -0.25) is 0 Å². The second kappa shape index (κ2) is 4.29. The fourth-order valence-electron chi connectivity index (χ4n) is 1.28. The van der Waals surface area contributed by atoms with Crippen molar-refractivity contribution in [2.45, 2.75) is 26.0 Å². The van der Waals surface area contributed by atoms with Crippen LogP contribution in [0.1, 0.15) is 24.2 Å². The van der Waals surface area contributed by atoms with E-state index in [9.17, 15) is 10.2 Å². The number of phenolic OH excluding ortho intramolecular Hbond substituents is 1. The molecule has 0 fully saturated rings. The molecule has 1 aromatic rings. The maximum Gasteiger partial charge on any atom is 0.116 e. The lowest BCUT2D eigenvalue weighted by molar-refractivity contribution is 0.152. The number of aromatic hydroxyl groups is 1. The molecule has 1 aromatic carbocycles. The normalized spacial score (nSPS) is 15.2. The zero-order chi connectivity index (χ0) is 10.9. The molecule has 0 radical (unpaired) electrons. The maximum atomic E-state index is 9.76. The van der Waals surface area contributed by atoms with Crippen molar-refractivity contribution in [3.8, 4) is 5.75 Å². The number of aryl methyl sites for hydroxylation is 1. The van der Waals surface area contributed by atoms with E-state index in [1.807, 2.05) is 6.92 Å². The highest BCUT2D eigenvalue weighted by atomic mass is 79.9. The topological polar surface area (TPSA) is 66.5 Å². The highest BCUT2D eigenvalue weighted by Crippen LogP contribution is 2.31. The molecule has 0 saturated heterocycles. The Morgan fingerprint density at radius 3 is 2.50 bits per heavy atom. The molecule has 1 rings (SSSR count). The highest BCUT2D eigenvalue weighted by molar-refractivity contribution is 9.10. The molecule has 0 heterocycles. The second-order valence-corrected chi connectivity index (χ2v) is 4.26. The molecular weight excluding hydrogens is 246 g/mol. The van der Waals surface area contributed by atoms with Crippen LogP contribution in [0.3, 0.4) is 0 Å². The van der Waals surface area contributed by atoms with Gasteiger partial charge in [-0.25, -0.2) is 0 Å². The predicted molar refractivity (Wildman–Crippen MR) is 59.2 cm³/mol. The Morgan fingerprint density at radius 2 is 2.00 bits per heavy atom. The summed E-state index contributed by atoms with van der Waals surface area (Å²) in [6.07, 6.45) is -0.768. The van der Waals surface area contributed by atoms with E-state index in [1.54, 1.807) is 13.0 Å². The van der Waals surface area contributed by atoms with Crippen molar-refractivity contribution >= 4 is 15.9 Å². The Bertz CT molecular complexity index is 339. The first-order valence-corrected chi connectivity index (χ1v) is 5.15. The zero-order valence-electron chi connectivity index (χ0n) is 8.16. The summed E-state index contributed by atoms with van der Waals surface area (Å²) in [4.78, 5) is 0. The van der Waals surface area contributed by atoms with Crippen molar-refractivity contribution in [3.05, 3.63) is 27.7 Å². The summed E-state index contributed by atoms with van der Waals surface area (Å²) in [5, 5.41) is 19.1. The number of halogens is 1. The summed E-state index contributed by atoms with van der Waals surface area (Å²) in [7, 11) is 0. The molecular formula is C10H14BrNO2. The highest BCUT2D eigenvalue weighted by Gasteiger charge is 2.17. The van der Waals surface area contributed by atoms with Gasteiger partial charge in [-0.1, -0.05) is 15.9 Å². The molecule has 0 spiro atoms. The molecule has 4 heteroatoms. The Hall–Kier alpha value is -0.580. The number of hydrogen-bond acceptors (Lipinski definition) is 3. The van der Waals surface area contributed by atoms with Gasteiger partial charge in [0.1, 0.15) is 5.75 Å². The number of aliphatic hydroxyl groups is 1. The number of phenols is 1. The van der Waals surface area contributed by atoms with Crippen LogP contribution in [0.2, 0.25) is 0 Å². The average molecular weight is 260 g/mol. The lowest BCUT2D eigenvalue weighted by Gasteiger charge is -2.17. The minimum atomic E-state index is -0.768. The van der Waals surface area contributed by atoms with Gasteiger partial charge in [-0.05, 0) is 31.5 Å². The number of rotatable bonds is 2. The van der Waals surface area contributed by atoms with E-state index in [0.29, 0.717) is 5.56 Å². The molecule has 14 heavy (non-hydrogen) atoms. The van der Waals surface area contributed by atoms with Gasteiger partial charge < -0.3 is 15.9 Å². The largest absolute Gasteiger partial charge is 0.508 e. The van der Waals surface area contributed by atoms with Crippen molar-refractivity contribution in [1.29, 1.82) is 0 Å². The first-order valence-electron chi connectivity index (χ1n) is 4.36. The van der Waals surface area contributed by atoms with Gasteiger partial charge in [0, 0.05) is 16.1 Å². The molecule has 2 atom stereocenters. The third kappa shape index (κ3) is 2.26. The number of hydrogen-bond donors (Lipinski definition) is 3. The van der Waals surface area contributed by atoms with Gasteiger partial charge in [0.25, 0.3) is 0 Å². The Kier molecular flexibility index (Phi) is 3.53. The second-order valence-electron chi connectivity index (χ2n) is 3.47. The zero-order valence-corrected chi connectivity index (χ0v) is 9.75. The number of benzene rings is 1. The molecule has 0 aliphatic heterocycles. The van der Waals surface area contributed by atoms with Crippen LogP contribution < -0.4 is 5.73 Å². The average Bonchev–Trinajstić information content (AvgIpc) is 2.09. The van der Waals surface area contributed by atoms with Crippen LogP contribution in [0.25, 0.3) is 0 Å². The minimum absolute atomic E-state index is 0.139. The van der Waals surface area contributed by atoms with Crippen LogP contribution in [-0.2, 0) is 0 Å². The van der Waals surface area contributed by atoms with Gasteiger partial charge in [0.2, 0.25) is 0 Å². The Labute approximate surface area is 91.7 Å². The Balaban J connectivity index is 3.20. The standard InChI is InChI=1S/C10H14BrNO2/c1-5-3-7(13)4-8(9(5)11)10(14)6(2)12/h3-4,6,10,13-14H,12H2,1-2H3. The van der Waals surface area contributed by atoms with Gasteiger partial charge in [0.05, 0.1) is 6.10 Å². The van der Waals surface area contributed by atoms with E-state index in [0.717, 1.165) is 10.0 Å². The van der Waals surface area contributed by atoms with Gasteiger partial charge in [-0.15, -0.1) is 0 Å². The molecule has 4 N–H and O–H groups in total. The molecule has 2 unspecified atom stereocenters. The molecule has 0 aliphatic carbocycles. The molecule has 78 valence electrons. The fraction of sp³-hybridized carbons (Fsp3) is 0.400. The quantitative estimate of drug-likeness (QED) is 0.760. The van der Waals surface area contributed by atoms with Crippen LogP contribution >= 0.6 is 15.9 Å². The summed E-state index contributed by atoms with van der Waals surface area (Å²) in [6.45, 7) is 3.57. The van der Waals surface area contributed by atoms with Crippen LogP contribution in [0.5, 0.6) is 5.75 Å². The fourth-order valence-corrected chi connectivity index (χ4v) is 1.74. The summed E-state index contributed by atoms with van der Waals surface area (Å²) in [6, 6.07) is 2.78. The summed E-state index contributed by atoms with van der Waals surface area (Å²) in [5.41, 5.74) is 7.08. The number of nitrogens with two attached hydrogens (primary N) is 1. The Morgan fingerprint density at radius 1 is 1.43 bits per heavy atom. The monoisotopic (exact) mass is 259 g/mol. The summed E-state index contributed by atoms with van der Waals surface area (Å²) >= 11 is 3.36. The molecule has 0 bridgehead atoms. The first kappa shape index (κ1) is 11.5. The van der Waals surface area contributed by atoms with E-state index in [1.165, 1.54) is 6.07 Å². The SMILES string of the molecule is Cc1cc(O)cc(C(O)C(C)N)c1Br. The third-order valence-corrected chi connectivity index (χ3v) is 3.17. The lowest BCUT2D eigenvalue weighted by atomic mass is 10.0. The third-order valence-electron chi connectivity index (χ3n) is 2.08. The maximum absolute atomic E-state index is 9.76. The van der Waals surface area contributed by atoms with E-state index in [4.69, 9.17) is 5.73 Å². The van der Waals surface area contributed by atoms with E-state index in [2.05, 4.69) is 15.9 Å². The summed E-state index contributed by atoms with van der Waals surface area (Å²) in [5.74, 6) is 0.139. The van der Waals surface area contributed by atoms with Gasteiger partial charge in [0.15, 0.2) is 0 Å². The first-order chi connectivity index (χ1) is 6.43. The molecule has 0 aliphatic rings. The summed E-state index contributed by atoms with van der Waals surface area (Å²) < 4.78 is 0.792. The van der Waals surface area contributed by atoms with Crippen LogP contribution in [0.15, 0.2) is 16.6 Å². The number of aliphatic hydroxyl groups excluding tert-OH is 1. The van der Waals surface area contributed by atoms with Crippen LogP contribution in [-0.4, -0.2) is 16.3 Å². The van der Waals surface area contributed by atoms with Crippen molar-refractivity contribution in [3.63, 3.8) is 0 Å². The van der Waals surface area contributed by atoms with Gasteiger partial charge >= 0.3 is 0 Å². The molecule has 0 amide bonds. The van der Waals surface area contributed by atoms with Crippen molar-refractivity contribution in [1.82, 2.24) is 0 Å². The van der Waals surface area contributed by atoms with E-state index < -0.39 is 6.10 Å². The lowest BCUT2D eigenvalue weighted by Crippen LogP contribution is -2.24. The van der Waals surface area contributed by atoms with Crippen molar-refractivity contribution in [2.24, 2.45) is 5.73 Å². The molecule has 0 saturated carbocycles. The van der Waals surface area contributed by atoms with Crippen molar-refractivity contribution in [2.75, 3.05) is 0 Å². The smallest absolute Gasteiger partial charge is 0.116 e. The van der Waals surface area contributed by atoms with Crippen LogP contribution in [0.4, 0.5) is 0 Å². The van der Waals surface area contributed by atoms with E-state index in [-0.39, 0.29) is 11.8 Å². The predicted octanol–water partition coefficient (Wildman–Crippen LogP) is 1.84. The minimum Gasteiger partial charge on any atom is -0.508 e. The van der Waals surface area contributed by atoms with Crippen molar-refractivity contribution < 1.29 is 10.2 Å². The van der Waals surface area contributed by atoms with E-state index >= 15 is 0 Å². The molecule has 3 nitrogen and oxygen atoms in total. The van der Waals surface area contributed by atoms with Crippen LogP contribution in [0, 0.1) is 6.92 Å². The molecule has 0 aromatic heterocycles.